The third-order valence-corrected chi connectivity index (χ3v) is 2.81. The summed E-state index contributed by atoms with van der Waals surface area (Å²) in [4.78, 5) is 0. The van der Waals surface area contributed by atoms with Crippen LogP contribution in [0.1, 0.15) is 18.4 Å². The molecule has 0 atom stereocenters. The van der Waals surface area contributed by atoms with Crippen LogP contribution in [0, 0.1) is 5.82 Å². The van der Waals surface area contributed by atoms with Gasteiger partial charge in [-0.05, 0) is 25.0 Å². The van der Waals surface area contributed by atoms with Crippen molar-refractivity contribution < 1.29 is 13.9 Å². The molecule has 0 radical (unpaired) electrons. The van der Waals surface area contributed by atoms with Gasteiger partial charge in [-0.1, -0.05) is 0 Å². The van der Waals surface area contributed by atoms with Crippen LogP contribution in [0.3, 0.4) is 0 Å². The van der Waals surface area contributed by atoms with E-state index in [1.165, 1.54) is 14.2 Å². The summed E-state index contributed by atoms with van der Waals surface area (Å²) in [5, 5.41) is 0. The Balaban J connectivity index is 2.52. The maximum Gasteiger partial charge on any atom is 0.207 e. The first kappa shape index (κ1) is 10.2. The lowest BCUT2D eigenvalue weighted by Gasteiger charge is -2.16. The Hall–Kier alpha value is -1.29. The minimum atomic E-state index is -0.478. The largest absolute Gasteiger partial charge is 0.494 e. The molecule has 15 heavy (non-hydrogen) atoms. The quantitative estimate of drug-likeness (QED) is 0.829. The number of rotatable bonds is 3. The van der Waals surface area contributed by atoms with Gasteiger partial charge in [0.1, 0.15) is 0 Å². The Morgan fingerprint density at radius 3 is 2.40 bits per heavy atom. The van der Waals surface area contributed by atoms with Gasteiger partial charge in [0.15, 0.2) is 11.5 Å². The highest BCUT2D eigenvalue weighted by molar-refractivity contribution is 5.48. The molecule has 1 saturated carbocycles. The molecule has 0 spiro atoms. The number of benzene rings is 1. The van der Waals surface area contributed by atoms with Crippen LogP contribution in [0.2, 0.25) is 0 Å². The summed E-state index contributed by atoms with van der Waals surface area (Å²) in [6.45, 7) is 0. The SMILES string of the molecule is COc1ccc(C2(N)CC2)c(OC)c1F. The zero-order valence-electron chi connectivity index (χ0n) is 8.84. The van der Waals surface area contributed by atoms with Crippen molar-refractivity contribution in [1.82, 2.24) is 0 Å². The molecular formula is C11H14FNO2. The minimum Gasteiger partial charge on any atom is -0.494 e. The van der Waals surface area contributed by atoms with E-state index in [1.54, 1.807) is 12.1 Å². The van der Waals surface area contributed by atoms with E-state index < -0.39 is 11.4 Å². The van der Waals surface area contributed by atoms with Gasteiger partial charge in [-0.3, -0.25) is 0 Å². The normalized spacial score (nSPS) is 17.3. The van der Waals surface area contributed by atoms with Crippen molar-refractivity contribution in [1.29, 1.82) is 0 Å². The van der Waals surface area contributed by atoms with E-state index in [2.05, 4.69) is 0 Å². The molecule has 1 aromatic carbocycles. The first-order valence-electron chi connectivity index (χ1n) is 4.82. The van der Waals surface area contributed by atoms with Gasteiger partial charge < -0.3 is 15.2 Å². The molecule has 0 unspecified atom stereocenters. The molecule has 1 aliphatic carbocycles. The van der Waals surface area contributed by atoms with Gasteiger partial charge >= 0.3 is 0 Å². The lowest BCUT2D eigenvalue weighted by atomic mass is 10.0. The Kier molecular flexibility index (Phi) is 2.31. The Labute approximate surface area is 88.0 Å². The summed E-state index contributed by atoms with van der Waals surface area (Å²) in [6.07, 6.45) is 1.74. The molecule has 0 aliphatic heterocycles. The van der Waals surface area contributed by atoms with E-state index >= 15 is 0 Å². The van der Waals surface area contributed by atoms with Gasteiger partial charge in [-0.25, -0.2) is 0 Å². The molecule has 1 aliphatic rings. The average Bonchev–Trinajstić information content (AvgIpc) is 2.97. The van der Waals surface area contributed by atoms with E-state index in [0.29, 0.717) is 0 Å². The standard InChI is InChI=1S/C11H14FNO2/c1-14-8-4-3-7(11(13)5-6-11)10(15-2)9(8)12/h3-4H,5-6,13H2,1-2H3. The molecule has 82 valence electrons. The highest BCUT2D eigenvalue weighted by atomic mass is 19.1. The maximum absolute atomic E-state index is 13.8. The molecule has 0 bridgehead atoms. The first-order valence-corrected chi connectivity index (χ1v) is 4.82. The van der Waals surface area contributed by atoms with Gasteiger partial charge in [-0.15, -0.1) is 0 Å². The third kappa shape index (κ3) is 1.55. The van der Waals surface area contributed by atoms with E-state index in [1.807, 2.05) is 0 Å². The summed E-state index contributed by atoms with van der Waals surface area (Å²) in [5.74, 6) is -0.0941. The molecule has 2 rings (SSSR count). The van der Waals surface area contributed by atoms with Crippen molar-refractivity contribution in [2.45, 2.75) is 18.4 Å². The number of hydrogen-bond acceptors (Lipinski definition) is 3. The lowest BCUT2D eigenvalue weighted by molar-refractivity contribution is 0.344. The van der Waals surface area contributed by atoms with E-state index in [0.717, 1.165) is 18.4 Å². The number of methoxy groups -OCH3 is 2. The van der Waals surface area contributed by atoms with Crippen LogP contribution in [-0.2, 0) is 5.54 Å². The fraction of sp³-hybridized carbons (Fsp3) is 0.455. The van der Waals surface area contributed by atoms with Crippen LogP contribution in [0.5, 0.6) is 11.5 Å². The Bertz CT molecular complexity index is 388. The Morgan fingerprint density at radius 2 is 1.93 bits per heavy atom. The van der Waals surface area contributed by atoms with Gasteiger partial charge in [0, 0.05) is 11.1 Å². The summed E-state index contributed by atoms with van der Waals surface area (Å²) >= 11 is 0. The van der Waals surface area contributed by atoms with Crippen LogP contribution >= 0.6 is 0 Å². The van der Waals surface area contributed by atoms with Crippen LogP contribution < -0.4 is 15.2 Å². The summed E-state index contributed by atoms with van der Waals surface area (Å²) in [7, 11) is 2.86. The van der Waals surface area contributed by atoms with Crippen LogP contribution in [0.25, 0.3) is 0 Å². The molecule has 3 nitrogen and oxygen atoms in total. The molecule has 0 heterocycles. The topological polar surface area (TPSA) is 44.5 Å². The molecule has 0 saturated heterocycles. The highest BCUT2D eigenvalue weighted by Gasteiger charge is 2.43. The molecule has 4 heteroatoms. The van der Waals surface area contributed by atoms with Gasteiger partial charge in [-0.2, -0.15) is 4.39 Å². The Morgan fingerprint density at radius 1 is 1.27 bits per heavy atom. The first-order chi connectivity index (χ1) is 7.12. The number of ether oxygens (including phenoxy) is 2. The van der Waals surface area contributed by atoms with Crippen molar-refractivity contribution in [2.75, 3.05) is 14.2 Å². The molecule has 0 amide bonds. The second kappa shape index (κ2) is 3.38. The molecule has 1 fully saturated rings. The fourth-order valence-electron chi connectivity index (χ4n) is 1.69. The third-order valence-electron chi connectivity index (χ3n) is 2.81. The minimum absolute atomic E-state index is 0.180. The number of nitrogens with two attached hydrogens (primary N) is 1. The monoisotopic (exact) mass is 211 g/mol. The van der Waals surface area contributed by atoms with Crippen molar-refractivity contribution >= 4 is 0 Å². The zero-order valence-corrected chi connectivity index (χ0v) is 8.84. The number of halogens is 1. The smallest absolute Gasteiger partial charge is 0.207 e. The van der Waals surface area contributed by atoms with E-state index in [4.69, 9.17) is 15.2 Å². The molecule has 0 aromatic heterocycles. The van der Waals surface area contributed by atoms with Gasteiger partial charge in [0.25, 0.3) is 0 Å². The van der Waals surface area contributed by atoms with Crippen LogP contribution in [0.4, 0.5) is 4.39 Å². The zero-order chi connectivity index (χ0) is 11.1. The van der Waals surface area contributed by atoms with Crippen molar-refractivity contribution in [3.8, 4) is 11.5 Å². The average molecular weight is 211 g/mol. The maximum atomic E-state index is 13.8. The molecule has 1 aromatic rings. The molecular weight excluding hydrogens is 197 g/mol. The lowest BCUT2D eigenvalue weighted by Crippen LogP contribution is -2.20. The van der Waals surface area contributed by atoms with Crippen molar-refractivity contribution in [3.63, 3.8) is 0 Å². The number of hydrogen-bond donors (Lipinski definition) is 1. The summed E-state index contributed by atoms with van der Waals surface area (Å²) < 4.78 is 23.7. The van der Waals surface area contributed by atoms with Gasteiger partial charge in [0.2, 0.25) is 5.82 Å². The highest BCUT2D eigenvalue weighted by Crippen LogP contribution is 2.48. The van der Waals surface area contributed by atoms with Crippen LogP contribution in [-0.4, -0.2) is 14.2 Å². The van der Waals surface area contributed by atoms with Crippen LogP contribution in [0.15, 0.2) is 12.1 Å². The predicted octanol–water partition coefficient (Wildman–Crippen LogP) is 1.79. The van der Waals surface area contributed by atoms with Crippen molar-refractivity contribution in [3.05, 3.63) is 23.5 Å². The fourth-order valence-corrected chi connectivity index (χ4v) is 1.69. The second-order valence-electron chi connectivity index (χ2n) is 3.82. The van der Waals surface area contributed by atoms with E-state index in [-0.39, 0.29) is 11.5 Å². The van der Waals surface area contributed by atoms with Gasteiger partial charge in [0.05, 0.1) is 14.2 Å². The molecule has 2 N–H and O–H groups in total. The van der Waals surface area contributed by atoms with E-state index in [9.17, 15) is 4.39 Å². The second-order valence-corrected chi connectivity index (χ2v) is 3.82. The summed E-state index contributed by atoms with van der Waals surface area (Å²) in [5.41, 5.74) is 6.34. The predicted molar refractivity (Wildman–Crippen MR) is 54.6 cm³/mol. The van der Waals surface area contributed by atoms with Crippen molar-refractivity contribution in [2.24, 2.45) is 5.73 Å². The summed E-state index contributed by atoms with van der Waals surface area (Å²) in [6, 6.07) is 3.36.